The fraction of sp³-hybridized carbons (Fsp3) is 0.650. The molecule has 2 aliphatic rings. The first kappa shape index (κ1) is 17.9. The van der Waals surface area contributed by atoms with Crippen LogP contribution >= 0.6 is 0 Å². The van der Waals surface area contributed by atoms with E-state index < -0.39 is 0 Å². The number of unbranched alkanes of at least 4 members (excludes halogenated alkanes) is 1. The number of nitrogens with zero attached hydrogens (tertiary/aromatic N) is 3. The predicted molar refractivity (Wildman–Crippen MR) is 96.9 cm³/mol. The van der Waals surface area contributed by atoms with Crippen LogP contribution in [0.2, 0.25) is 0 Å². The maximum absolute atomic E-state index is 12.7. The number of likely N-dealkylation sites (tertiary alicyclic amines) is 2. The number of aryl methyl sites for hydroxylation is 1. The van der Waals surface area contributed by atoms with Crippen LogP contribution in [0.15, 0.2) is 24.5 Å². The Morgan fingerprint density at radius 1 is 1.28 bits per heavy atom. The molecule has 5 nitrogen and oxygen atoms in total. The van der Waals surface area contributed by atoms with Crippen molar-refractivity contribution in [2.45, 2.75) is 51.9 Å². The predicted octanol–water partition coefficient (Wildman–Crippen LogP) is 2.66. The molecule has 1 unspecified atom stereocenters. The summed E-state index contributed by atoms with van der Waals surface area (Å²) in [4.78, 5) is 33.2. The molecule has 5 heteroatoms. The lowest BCUT2D eigenvalue weighted by molar-refractivity contribution is -0.136. The molecule has 2 amide bonds. The third-order valence-electron chi connectivity index (χ3n) is 5.63. The van der Waals surface area contributed by atoms with Crippen molar-refractivity contribution in [3.05, 3.63) is 30.1 Å². The molecule has 3 rings (SSSR count). The van der Waals surface area contributed by atoms with Gasteiger partial charge in [-0.05, 0) is 50.2 Å². The van der Waals surface area contributed by atoms with E-state index in [-0.39, 0.29) is 17.2 Å². The van der Waals surface area contributed by atoms with Crippen molar-refractivity contribution >= 4 is 11.8 Å². The minimum atomic E-state index is -0.277. The molecular weight excluding hydrogens is 314 g/mol. The Morgan fingerprint density at radius 3 is 2.88 bits per heavy atom. The number of amides is 2. The van der Waals surface area contributed by atoms with E-state index in [0.717, 1.165) is 58.2 Å². The standard InChI is InChI=1S/C20H29N3O2/c1-2-12-22-13-9-20(19(22)25)10-14-23(16-20)18(24)8-4-3-6-17-7-5-11-21-15-17/h5,7,11,15H,2-4,6,8-10,12-14,16H2,1H3. The van der Waals surface area contributed by atoms with Crippen LogP contribution in [0, 0.1) is 5.41 Å². The van der Waals surface area contributed by atoms with Gasteiger partial charge in [0.2, 0.25) is 11.8 Å². The molecule has 1 spiro atoms. The van der Waals surface area contributed by atoms with Crippen LogP contribution < -0.4 is 0 Å². The lowest BCUT2D eigenvalue weighted by Gasteiger charge is -2.23. The quantitative estimate of drug-likeness (QED) is 0.715. The molecule has 1 aromatic rings. The molecule has 2 saturated heterocycles. The minimum absolute atomic E-state index is 0.213. The summed E-state index contributed by atoms with van der Waals surface area (Å²) in [6.45, 7) is 5.19. The van der Waals surface area contributed by atoms with E-state index in [1.807, 2.05) is 22.1 Å². The van der Waals surface area contributed by atoms with E-state index in [0.29, 0.717) is 13.0 Å². The molecule has 136 valence electrons. The Morgan fingerprint density at radius 2 is 2.12 bits per heavy atom. The van der Waals surface area contributed by atoms with Crippen molar-refractivity contribution in [2.24, 2.45) is 5.41 Å². The van der Waals surface area contributed by atoms with Gasteiger partial charge in [0.1, 0.15) is 0 Å². The molecule has 0 bridgehead atoms. The molecule has 0 aromatic carbocycles. The van der Waals surface area contributed by atoms with E-state index in [1.165, 1.54) is 5.56 Å². The number of hydrogen-bond donors (Lipinski definition) is 0. The topological polar surface area (TPSA) is 53.5 Å². The van der Waals surface area contributed by atoms with Crippen LogP contribution in [-0.2, 0) is 16.0 Å². The van der Waals surface area contributed by atoms with Crippen LogP contribution in [0.3, 0.4) is 0 Å². The lowest BCUT2D eigenvalue weighted by Crippen LogP contribution is -2.38. The van der Waals surface area contributed by atoms with Crippen molar-refractivity contribution in [3.63, 3.8) is 0 Å². The van der Waals surface area contributed by atoms with Gasteiger partial charge >= 0.3 is 0 Å². The SMILES string of the molecule is CCCN1CCC2(CCN(C(=O)CCCCc3cccnc3)C2)C1=O. The molecule has 1 aromatic heterocycles. The van der Waals surface area contributed by atoms with Crippen LogP contribution in [0.1, 0.15) is 51.0 Å². The Bertz CT molecular complexity index is 604. The number of hydrogen-bond acceptors (Lipinski definition) is 3. The molecule has 1 atom stereocenters. The highest BCUT2D eigenvalue weighted by Crippen LogP contribution is 2.40. The molecule has 0 aliphatic carbocycles. The van der Waals surface area contributed by atoms with Gasteiger partial charge in [0.05, 0.1) is 5.41 Å². The van der Waals surface area contributed by atoms with Crippen LogP contribution in [-0.4, -0.2) is 52.8 Å². The number of carbonyl (C=O) groups is 2. The second-order valence-corrected chi connectivity index (χ2v) is 7.46. The Hall–Kier alpha value is -1.91. The molecular formula is C20H29N3O2. The van der Waals surface area contributed by atoms with Crippen molar-refractivity contribution < 1.29 is 9.59 Å². The molecule has 0 saturated carbocycles. The van der Waals surface area contributed by atoms with Gasteiger partial charge in [-0.25, -0.2) is 0 Å². The van der Waals surface area contributed by atoms with E-state index in [2.05, 4.69) is 18.0 Å². The summed E-state index contributed by atoms with van der Waals surface area (Å²) in [5.74, 6) is 0.492. The highest BCUT2D eigenvalue weighted by atomic mass is 16.2. The maximum atomic E-state index is 12.7. The van der Waals surface area contributed by atoms with Crippen LogP contribution in [0.4, 0.5) is 0 Å². The number of pyridine rings is 1. The number of carbonyl (C=O) groups excluding carboxylic acids is 2. The second-order valence-electron chi connectivity index (χ2n) is 7.46. The van der Waals surface area contributed by atoms with Gasteiger partial charge in [-0.15, -0.1) is 0 Å². The zero-order valence-electron chi connectivity index (χ0n) is 15.2. The van der Waals surface area contributed by atoms with E-state index in [1.54, 1.807) is 6.20 Å². The zero-order chi connectivity index (χ0) is 17.7. The smallest absolute Gasteiger partial charge is 0.230 e. The summed E-state index contributed by atoms with van der Waals surface area (Å²) in [6, 6.07) is 4.03. The molecule has 0 radical (unpaired) electrons. The molecule has 2 fully saturated rings. The maximum Gasteiger partial charge on any atom is 0.230 e. The van der Waals surface area contributed by atoms with Crippen LogP contribution in [0.25, 0.3) is 0 Å². The van der Waals surface area contributed by atoms with Gasteiger partial charge in [-0.1, -0.05) is 13.0 Å². The van der Waals surface area contributed by atoms with Gasteiger partial charge in [-0.2, -0.15) is 0 Å². The number of rotatable bonds is 7. The van der Waals surface area contributed by atoms with Gasteiger partial charge in [0.15, 0.2) is 0 Å². The molecule has 0 N–H and O–H groups in total. The van der Waals surface area contributed by atoms with Crippen molar-refractivity contribution in [1.82, 2.24) is 14.8 Å². The average molecular weight is 343 g/mol. The van der Waals surface area contributed by atoms with E-state index in [4.69, 9.17) is 0 Å². The van der Waals surface area contributed by atoms with E-state index >= 15 is 0 Å². The van der Waals surface area contributed by atoms with Gasteiger partial charge in [0, 0.05) is 45.0 Å². The summed E-state index contributed by atoms with van der Waals surface area (Å²) in [7, 11) is 0. The van der Waals surface area contributed by atoms with Gasteiger partial charge in [-0.3, -0.25) is 14.6 Å². The first-order valence-electron chi connectivity index (χ1n) is 9.61. The van der Waals surface area contributed by atoms with Crippen molar-refractivity contribution in [2.75, 3.05) is 26.2 Å². The summed E-state index contributed by atoms with van der Waals surface area (Å²) >= 11 is 0. The third-order valence-corrected chi connectivity index (χ3v) is 5.63. The Labute approximate surface area is 150 Å². The minimum Gasteiger partial charge on any atom is -0.342 e. The lowest BCUT2D eigenvalue weighted by atomic mass is 9.85. The highest BCUT2D eigenvalue weighted by Gasteiger charge is 2.51. The average Bonchev–Trinajstić information content (AvgIpc) is 3.20. The summed E-state index contributed by atoms with van der Waals surface area (Å²) in [5, 5.41) is 0. The third kappa shape index (κ3) is 4.02. The molecule has 2 aliphatic heterocycles. The first-order chi connectivity index (χ1) is 12.1. The monoisotopic (exact) mass is 343 g/mol. The van der Waals surface area contributed by atoms with E-state index in [9.17, 15) is 9.59 Å². The summed E-state index contributed by atoms with van der Waals surface area (Å²) in [6.07, 6.45) is 9.87. The molecule has 3 heterocycles. The highest BCUT2D eigenvalue weighted by molar-refractivity contribution is 5.87. The van der Waals surface area contributed by atoms with Gasteiger partial charge < -0.3 is 9.80 Å². The summed E-state index contributed by atoms with van der Waals surface area (Å²) in [5.41, 5.74) is 0.947. The number of aromatic nitrogens is 1. The first-order valence-corrected chi connectivity index (χ1v) is 9.61. The van der Waals surface area contributed by atoms with Crippen molar-refractivity contribution in [3.8, 4) is 0 Å². The Kier molecular flexibility index (Phi) is 5.71. The largest absolute Gasteiger partial charge is 0.342 e. The fourth-order valence-corrected chi connectivity index (χ4v) is 4.15. The molecule has 25 heavy (non-hydrogen) atoms. The zero-order valence-corrected chi connectivity index (χ0v) is 15.2. The second kappa shape index (κ2) is 7.98. The van der Waals surface area contributed by atoms with Gasteiger partial charge in [0.25, 0.3) is 0 Å². The fourth-order valence-electron chi connectivity index (χ4n) is 4.15. The Balaban J connectivity index is 1.43. The summed E-state index contributed by atoms with van der Waals surface area (Å²) < 4.78 is 0. The van der Waals surface area contributed by atoms with Crippen LogP contribution in [0.5, 0.6) is 0 Å². The normalized spacial score (nSPS) is 23.0. The van der Waals surface area contributed by atoms with Crippen molar-refractivity contribution in [1.29, 1.82) is 0 Å².